The van der Waals surface area contributed by atoms with E-state index < -0.39 is 40.1 Å². The highest BCUT2D eigenvalue weighted by atomic mass is 19.2. The molecule has 0 nitrogen and oxygen atoms in total. The molecule has 1 aromatic carbocycles. The Morgan fingerprint density at radius 3 is 1.38 bits per heavy atom. The van der Waals surface area contributed by atoms with Crippen LogP contribution in [0.5, 0.6) is 0 Å². The van der Waals surface area contributed by atoms with Gasteiger partial charge in [-0.3, -0.25) is 0 Å². The molecule has 16 heavy (non-hydrogen) atoms. The number of hydrogen-bond donors (Lipinski definition) is 0. The first-order valence-electron chi connectivity index (χ1n) is 4.76. The first kappa shape index (κ1) is 12.9. The topological polar surface area (TPSA) is 0 Å². The maximum atomic E-state index is 13.4. The van der Waals surface area contributed by atoms with E-state index in [1.54, 1.807) is 6.92 Å². The monoisotopic (exact) mass is 238 g/mol. The molecule has 0 spiro atoms. The van der Waals surface area contributed by atoms with E-state index in [0.717, 1.165) is 0 Å². The van der Waals surface area contributed by atoms with Crippen LogP contribution in [0.15, 0.2) is 0 Å². The Hall–Kier alpha value is -1.13. The average molecular weight is 238 g/mol. The van der Waals surface area contributed by atoms with Crippen molar-refractivity contribution in [1.29, 1.82) is 0 Å². The van der Waals surface area contributed by atoms with Gasteiger partial charge in [-0.25, -0.2) is 22.0 Å². The highest BCUT2D eigenvalue weighted by Crippen LogP contribution is 2.34. The highest BCUT2D eigenvalue weighted by molar-refractivity contribution is 5.30. The molecule has 0 aliphatic heterocycles. The van der Waals surface area contributed by atoms with Crippen LogP contribution in [-0.4, -0.2) is 0 Å². The van der Waals surface area contributed by atoms with E-state index in [1.807, 2.05) is 0 Å². The molecular formula is C11H11F5. The Balaban J connectivity index is 3.65. The maximum absolute atomic E-state index is 13.4. The second-order valence-corrected chi connectivity index (χ2v) is 4.18. The molecule has 0 radical (unpaired) electrons. The second-order valence-electron chi connectivity index (χ2n) is 4.18. The van der Waals surface area contributed by atoms with Gasteiger partial charge in [-0.1, -0.05) is 20.8 Å². The molecule has 0 aliphatic carbocycles. The van der Waals surface area contributed by atoms with Gasteiger partial charge in [0.25, 0.3) is 0 Å². The van der Waals surface area contributed by atoms with Crippen LogP contribution < -0.4 is 0 Å². The van der Waals surface area contributed by atoms with E-state index in [0.29, 0.717) is 0 Å². The van der Waals surface area contributed by atoms with Gasteiger partial charge in [0, 0.05) is 5.56 Å². The van der Waals surface area contributed by atoms with Gasteiger partial charge in [-0.15, -0.1) is 0 Å². The predicted molar refractivity (Wildman–Crippen MR) is 49.5 cm³/mol. The van der Waals surface area contributed by atoms with Crippen LogP contribution in [0.2, 0.25) is 0 Å². The summed E-state index contributed by atoms with van der Waals surface area (Å²) >= 11 is 0. The van der Waals surface area contributed by atoms with Crippen molar-refractivity contribution in [3.8, 4) is 0 Å². The van der Waals surface area contributed by atoms with Crippen molar-refractivity contribution in [1.82, 2.24) is 0 Å². The van der Waals surface area contributed by atoms with Crippen LogP contribution in [0.3, 0.4) is 0 Å². The lowest BCUT2D eigenvalue weighted by Crippen LogP contribution is -2.22. The van der Waals surface area contributed by atoms with Crippen LogP contribution in [0.25, 0.3) is 0 Å². The second kappa shape index (κ2) is 4.03. The fourth-order valence-electron chi connectivity index (χ4n) is 1.38. The van der Waals surface area contributed by atoms with Gasteiger partial charge in [0.05, 0.1) is 0 Å². The lowest BCUT2D eigenvalue weighted by atomic mass is 9.81. The van der Waals surface area contributed by atoms with Crippen LogP contribution in [0.1, 0.15) is 32.8 Å². The number of halogens is 5. The van der Waals surface area contributed by atoms with E-state index in [2.05, 4.69) is 0 Å². The normalized spacial score (nSPS) is 12.0. The van der Waals surface area contributed by atoms with Crippen molar-refractivity contribution in [3.63, 3.8) is 0 Å². The Morgan fingerprint density at radius 2 is 1.06 bits per heavy atom. The summed E-state index contributed by atoms with van der Waals surface area (Å²) in [6.45, 7) is 4.45. The molecule has 0 bridgehead atoms. The summed E-state index contributed by atoms with van der Waals surface area (Å²) in [6.07, 6.45) is 0.255. The molecule has 0 saturated carbocycles. The smallest absolute Gasteiger partial charge is 0.200 e. The minimum atomic E-state index is -2.12. The van der Waals surface area contributed by atoms with E-state index in [-0.39, 0.29) is 6.42 Å². The number of rotatable bonds is 2. The third-order valence-corrected chi connectivity index (χ3v) is 2.77. The van der Waals surface area contributed by atoms with Crippen LogP contribution in [-0.2, 0) is 5.41 Å². The Morgan fingerprint density at radius 1 is 0.750 bits per heavy atom. The molecule has 0 amide bonds. The molecule has 0 atom stereocenters. The molecule has 0 aliphatic rings. The van der Waals surface area contributed by atoms with E-state index in [4.69, 9.17) is 0 Å². The third kappa shape index (κ3) is 1.79. The zero-order chi connectivity index (χ0) is 12.7. The Labute approximate surface area is 90.1 Å². The molecule has 1 rings (SSSR count). The summed E-state index contributed by atoms with van der Waals surface area (Å²) in [5, 5.41) is 0. The zero-order valence-electron chi connectivity index (χ0n) is 9.10. The van der Waals surface area contributed by atoms with Crippen molar-refractivity contribution in [2.75, 3.05) is 0 Å². The van der Waals surface area contributed by atoms with Crippen molar-refractivity contribution in [3.05, 3.63) is 34.6 Å². The fraction of sp³-hybridized carbons (Fsp3) is 0.455. The molecule has 0 fully saturated rings. The summed E-state index contributed by atoms with van der Waals surface area (Å²) in [6, 6.07) is 0. The first-order chi connectivity index (χ1) is 7.24. The minimum Gasteiger partial charge on any atom is -0.203 e. The third-order valence-electron chi connectivity index (χ3n) is 2.77. The van der Waals surface area contributed by atoms with Crippen LogP contribution in [0.4, 0.5) is 22.0 Å². The molecule has 0 N–H and O–H groups in total. The van der Waals surface area contributed by atoms with E-state index in [1.165, 1.54) is 13.8 Å². The first-order valence-corrected chi connectivity index (χ1v) is 4.76. The molecule has 0 aromatic heterocycles. The molecule has 0 saturated heterocycles. The van der Waals surface area contributed by atoms with Crippen molar-refractivity contribution in [2.45, 2.75) is 32.6 Å². The van der Waals surface area contributed by atoms with Crippen molar-refractivity contribution >= 4 is 0 Å². The lowest BCUT2D eigenvalue weighted by Gasteiger charge is -2.24. The van der Waals surface area contributed by atoms with Gasteiger partial charge in [-0.2, -0.15) is 0 Å². The van der Waals surface area contributed by atoms with E-state index in [9.17, 15) is 22.0 Å². The SMILES string of the molecule is CCC(C)(C)c1c(F)c(F)c(F)c(F)c1F. The highest BCUT2D eigenvalue weighted by Gasteiger charge is 2.33. The van der Waals surface area contributed by atoms with Crippen LogP contribution in [0, 0.1) is 29.1 Å². The molecule has 5 heteroatoms. The largest absolute Gasteiger partial charge is 0.203 e. The van der Waals surface area contributed by atoms with Crippen LogP contribution >= 0.6 is 0 Å². The van der Waals surface area contributed by atoms with Gasteiger partial charge in [0.1, 0.15) is 0 Å². The number of hydrogen-bond acceptors (Lipinski definition) is 0. The van der Waals surface area contributed by atoms with E-state index >= 15 is 0 Å². The Bertz CT molecular complexity index is 394. The predicted octanol–water partition coefficient (Wildman–Crippen LogP) is 4.07. The fourth-order valence-corrected chi connectivity index (χ4v) is 1.38. The molecule has 0 unspecified atom stereocenters. The molecular weight excluding hydrogens is 227 g/mol. The van der Waals surface area contributed by atoms with Gasteiger partial charge in [0.2, 0.25) is 5.82 Å². The van der Waals surface area contributed by atoms with Crippen molar-refractivity contribution in [2.24, 2.45) is 0 Å². The quantitative estimate of drug-likeness (QED) is 0.414. The summed E-state index contributed by atoms with van der Waals surface area (Å²) in [5.74, 6) is -9.40. The summed E-state index contributed by atoms with van der Waals surface area (Å²) < 4.78 is 65.3. The standard InChI is InChI=1S/C11H11F5/c1-4-11(2,3)5-6(12)8(14)10(16)9(15)7(5)13/h4H2,1-3H3. The lowest BCUT2D eigenvalue weighted by molar-refractivity contribution is 0.344. The molecule has 1 aromatic rings. The molecule has 90 valence electrons. The van der Waals surface area contributed by atoms with Gasteiger partial charge < -0.3 is 0 Å². The van der Waals surface area contributed by atoms with Gasteiger partial charge in [-0.05, 0) is 11.8 Å². The Kier molecular flexibility index (Phi) is 3.26. The average Bonchev–Trinajstić information content (AvgIpc) is 2.23. The number of benzene rings is 1. The summed E-state index contributed by atoms with van der Waals surface area (Å²) in [7, 11) is 0. The summed E-state index contributed by atoms with van der Waals surface area (Å²) in [5.41, 5.74) is -1.87. The zero-order valence-corrected chi connectivity index (χ0v) is 9.10. The summed E-state index contributed by atoms with van der Waals surface area (Å²) in [4.78, 5) is 0. The van der Waals surface area contributed by atoms with Gasteiger partial charge in [0.15, 0.2) is 23.3 Å². The van der Waals surface area contributed by atoms with Crippen molar-refractivity contribution < 1.29 is 22.0 Å². The maximum Gasteiger partial charge on any atom is 0.200 e. The van der Waals surface area contributed by atoms with Gasteiger partial charge >= 0.3 is 0 Å². The minimum absolute atomic E-state index is 0.255. The molecule has 0 heterocycles.